The summed E-state index contributed by atoms with van der Waals surface area (Å²) < 4.78 is 0. The number of aliphatic hydroxyl groups excluding tert-OH is 1. The molecule has 3 atom stereocenters. The van der Waals surface area contributed by atoms with Crippen molar-refractivity contribution >= 4 is 5.69 Å². The molecule has 0 amide bonds. The van der Waals surface area contributed by atoms with Crippen molar-refractivity contribution in [2.24, 2.45) is 11.7 Å². The van der Waals surface area contributed by atoms with Crippen molar-refractivity contribution in [2.75, 3.05) is 11.4 Å². The van der Waals surface area contributed by atoms with Gasteiger partial charge >= 0.3 is 0 Å². The molecule has 3 heteroatoms. The van der Waals surface area contributed by atoms with Crippen LogP contribution in [0, 0.1) is 5.92 Å². The quantitative estimate of drug-likeness (QED) is 0.832. The molecule has 124 valence electrons. The third-order valence-corrected chi connectivity index (χ3v) is 4.13. The standard InChI is InChI=1S/C17H26N2O.C2H6/c1-3-16(18)14-8-7-11-19(17(20)13(2)12-14)15-9-5-4-6-10-15;1-2/h4-6,9-10,12-13,16-17,20H,3,7-8,11,18H2,1-2H3;1-2H3/b14-12+;. The molecule has 1 aliphatic rings. The van der Waals surface area contributed by atoms with Crippen LogP contribution in [0.2, 0.25) is 0 Å². The maximum absolute atomic E-state index is 10.6. The van der Waals surface area contributed by atoms with Crippen LogP contribution in [0.5, 0.6) is 0 Å². The molecule has 3 unspecified atom stereocenters. The third kappa shape index (κ3) is 4.85. The highest BCUT2D eigenvalue weighted by Crippen LogP contribution is 2.26. The maximum atomic E-state index is 10.6. The van der Waals surface area contributed by atoms with Crippen LogP contribution in [0.3, 0.4) is 0 Å². The molecular weight excluding hydrogens is 272 g/mol. The number of rotatable bonds is 3. The first-order valence-corrected chi connectivity index (χ1v) is 8.59. The maximum Gasteiger partial charge on any atom is 0.132 e. The molecule has 0 aliphatic carbocycles. The summed E-state index contributed by atoms with van der Waals surface area (Å²) in [6.45, 7) is 9.04. The lowest BCUT2D eigenvalue weighted by atomic mass is 9.93. The van der Waals surface area contributed by atoms with Crippen molar-refractivity contribution in [1.82, 2.24) is 0 Å². The molecule has 3 nitrogen and oxygen atoms in total. The molecule has 1 aliphatic heterocycles. The molecule has 0 aromatic heterocycles. The fraction of sp³-hybridized carbons (Fsp3) is 0.579. The summed E-state index contributed by atoms with van der Waals surface area (Å²) in [7, 11) is 0. The second-order valence-corrected chi connectivity index (χ2v) is 5.66. The van der Waals surface area contributed by atoms with E-state index in [-0.39, 0.29) is 12.0 Å². The summed E-state index contributed by atoms with van der Waals surface area (Å²) in [5.41, 5.74) is 8.54. The first-order valence-electron chi connectivity index (χ1n) is 8.59. The Hall–Kier alpha value is -1.32. The number of anilines is 1. The number of benzene rings is 1. The van der Waals surface area contributed by atoms with E-state index in [0.29, 0.717) is 0 Å². The number of nitrogens with two attached hydrogens (primary N) is 1. The van der Waals surface area contributed by atoms with Gasteiger partial charge in [-0.3, -0.25) is 0 Å². The number of hydrogen-bond acceptors (Lipinski definition) is 3. The molecule has 3 N–H and O–H groups in total. The van der Waals surface area contributed by atoms with E-state index in [0.717, 1.165) is 31.5 Å². The van der Waals surface area contributed by atoms with E-state index in [4.69, 9.17) is 5.73 Å². The summed E-state index contributed by atoms with van der Waals surface area (Å²) in [6.07, 6.45) is 4.69. The number of nitrogens with zero attached hydrogens (tertiary/aromatic N) is 1. The van der Waals surface area contributed by atoms with E-state index in [2.05, 4.69) is 37.0 Å². The van der Waals surface area contributed by atoms with Crippen molar-refractivity contribution in [3.05, 3.63) is 42.0 Å². The van der Waals surface area contributed by atoms with Gasteiger partial charge in [0.1, 0.15) is 6.23 Å². The van der Waals surface area contributed by atoms with Gasteiger partial charge in [0.15, 0.2) is 0 Å². The van der Waals surface area contributed by atoms with Crippen LogP contribution >= 0.6 is 0 Å². The Morgan fingerprint density at radius 1 is 1.27 bits per heavy atom. The van der Waals surface area contributed by atoms with Crippen molar-refractivity contribution in [3.8, 4) is 0 Å². The zero-order valence-corrected chi connectivity index (χ0v) is 14.5. The second kappa shape index (κ2) is 9.65. The molecule has 1 heterocycles. The van der Waals surface area contributed by atoms with E-state index in [1.807, 2.05) is 32.0 Å². The minimum Gasteiger partial charge on any atom is -0.373 e. The van der Waals surface area contributed by atoms with Gasteiger partial charge < -0.3 is 15.7 Å². The van der Waals surface area contributed by atoms with Crippen molar-refractivity contribution in [2.45, 2.75) is 59.2 Å². The van der Waals surface area contributed by atoms with Crippen molar-refractivity contribution in [3.63, 3.8) is 0 Å². The molecule has 0 saturated carbocycles. The van der Waals surface area contributed by atoms with Gasteiger partial charge in [0.2, 0.25) is 0 Å². The molecular formula is C19H32N2O. The largest absolute Gasteiger partial charge is 0.373 e. The highest BCUT2D eigenvalue weighted by Gasteiger charge is 2.24. The first kappa shape index (κ1) is 18.7. The highest BCUT2D eigenvalue weighted by molar-refractivity contribution is 5.47. The summed E-state index contributed by atoms with van der Waals surface area (Å²) in [5, 5.41) is 10.6. The van der Waals surface area contributed by atoms with Crippen molar-refractivity contribution < 1.29 is 5.11 Å². The Labute approximate surface area is 135 Å². The molecule has 1 aromatic carbocycles. The average Bonchev–Trinajstić information content (AvgIpc) is 2.57. The third-order valence-electron chi connectivity index (χ3n) is 4.13. The van der Waals surface area contributed by atoms with E-state index in [1.54, 1.807) is 0 Å². The van der Waals surface area contributed by atoms with Gasteiger partial charge in [-0.2, -0.15) is 0 Å². The number of para-hydroxylation sites is 1. The fourth-order valence-electron chi connectivity index (χ4n) is 2.85. The van der Waals surface area contributed by atoms with Crippen LogP contribution in [0.25, 0.3) is 0 Å². The Bertz CT molecular complexity index is 444. The van der Waals surface area contributed by atoms with Crippen LogP contribution in [-0.2, 0) is 0 Å². The van der Waals surface area contributed by atoms with Crippen LogP contribution in [0.1, 0.15) is 47.0 Å². The molecule has 0 spiro atoms. The molecule has 0 radical (unpaired) electrons. The van der Waals surface area contributed by atoms with Gasteiger partial charge in [0, 0.05) is 24.2 Å². The molecule has 1 aromatic rings. The lowest BCUT2D eigenvalue weighted by Crippen LogP contribution is -2.41. The summed E-state index contributed by atoms with van der Waals surface area (Å²) >= 11 is 0. The number of aliphatic hydroxyl groups is 1. The van der Waals surface area contributed by atoms with Gasteiger partial charge in [-0.25, -0.2) is 0 Å². The molecule has 0 bridgehead atoms. The summed E-state index contributed by atoms with van der Waals surface area (Å²) in [5.74, 6) is 0.0862. The molecule has 0 fully saturated rings. The lowest BCUT2D eigenvalue weighted by Gasteiger charge is -2.35. The van der Waals surface area contributed by atoms with Crippen LogP contribution < -0.4 is 10.6 Å². The van der Waals surface area contributed by atoms with Crippen molar-refractivity contribution in [1.29, 1.82) is 0 Å². The summed E-state index contributed by atoms with van der Waals surface area (Å²) in [4.78, 5) is 2.09. The number of hydrogen-bond donors (Lipinski definition) is 2. The van der Waals surface area contributed by atoms with E-state index < -0.39 is 6.23 Å². The minimum atomic E-state index is -0.489. The highest BCUT2D eigenvalue weighted by atomic mass is 16.3. The van der Waals surface area contributed by atoms with Gasteiger partial charge in [0.05, 0.1) is 0 Å². The van der Waals surface area contributed by atoms with E-state index >= 15 is 0 Å². The smallest absolute Gasteiger partial charge is 0.132 e. The Kier molecular flexibility index (Phi) is 8.21. The molecule has 2 rings (SSSR count). The molecule has 0 saturated heterocycles. The predicted octanol–water partition coefficient (Wildman–Crippen LogP) is 3.93. The van der Waals surface area contributed by atoms with E-state index in [9.17, 15) is 5.11 Å². The first-order chi connectivity index (χ1) is 10.6. The lowest BCUT2D eigenvalue weighted by molar-refractivity contribution is 0.129. The average molecular weight is 304 g/mol. The topological polar surface area (TPSA) is 49.5 Å². The van der Waals surface area contributed by atoms with Gasteiger partial charge in [0.25, 0.3) is 0 Å². The Morgan fingerprint density at radius 3 is 2.50 bits per heavy atom. The zero-order chi connectivity index (χ0) is 16.5. The van der Waals surface area contributed by atoms with Gasteiger partial charge in [-0.1, -0.05) is 57.5 Å². The van der Waals surface area contributed by atoms with Gasteiger partial charge in [-0.05, 0) is 31.4 Å². The van der Waals surface area contributed by atoms with Crippen LogP contribution in [0.4, 0.5) is 5.69 Å². The van der Waals surface area contributed by atoms with Gasteiger partial charge in [-0.15, -0.1) is 0 Å². The predicted molar refractivity (Wildman–Crippen MR) is 95.9 cm³/mol. The van der Waals surface area contributed by atoms with Crippen LogP contribution in [-0.4, -0.2) is 23.9 Å². The minimum absolute atomic E-state index is 0.0862. The Morgan fingerprint density at radius 2 is 1.91 bits per heavy atom. The monoisotopic (exact) mass is 304 g/mol. The van der Waals surface area contributed by atoms with Crippen LogP contribution in [0.15, 0.2) is 42.0 Å². The zero-order valence-electron chi connectivity index (χ0n) is 14.5. The summed E-state index contributed by atoms with van der Waals surface area (Å²) in [6, 6.07) is 10.3. The fourth-order valence-corrected chi connectivity index (χ4v) is 2.85. The SMILES string of the molecule is CC.CCC(N)/C1=C/C(C)C(O)N(c2ccccc2)CCC1. The molecule has 22 heavy (non-hydrogen) atoms. The van der Waals surface area contributed by atoms with E-state index in [1.165, 1.54) is 5.57 Å². The second-order valence-electron chi connectivity index (χ2n) is 5.66. The normalized spacial score (nSPS) is 25.9. The Balaban J connectivity index is 0.00000116.